The van der Waals surface area contributed by atoms with Crippen molar-refractivity contribution >= 4 is 11.6 Å². The fourth-order valence-corrected chi connectivity index (χ4v) is 1.92. The maximum absolute atomic E-state index is 9.36. The number of alkyl halides is 1. The summed E-state index contributed by atoms with van der Waals surface area (Å²) < 4.78 is 16.4. The molecule has 0 saturated carbocycles. The zero-order valence-corrected chi connectivity index (χ0v) is 14.3. The number of aliphatic hydroxyl groups excluding tert-OH is 3. The maximum atomic E-state index is 9.36. The predicted molar refractivity (Wildman–Crippen MR) is 93.8 cm³/mol. The molecule has 0 spiro atoms. The number of hydrogen-bond donors (Lipinski definition) is 3. The standard InChI is InChI=1S/C18H21ClO6/c19-9-13(21)11-23-15-1-5-17(6-2-15)25-18-7-3-16(4-8-18)24-12-14(22)10-20/h1-8,13-14,20-22H,9-12H2/t13-,14+/m1/s1. The van der Waals surface area contributed by atoms with Gasteiger partial charge in [0, 0.05) is 0 Å². The van der Waals surface area contributed by atoms with Gasteiger partial charge in [-0.1, -0.05) is 0 Å². The average molecular weight is 369 g/mol. The smallest absolute Gasteiger partial charge is 0.127 e. The van der Waals surface area contributed by atoms with Crippen LogP contribution >= 0.6 is 11.6 Å². The van der Waals surface area contributed by atoms with E-state index in [0.717, 1.165) is 0 Å². The van der Waals surface area contributed by atoms with Crippen molar-refractivity contribution in [3.63, 3.8) is 0 Å². The number of hydrogen-bond acceptors (Lipinski definition) is 6. The Labute approximate surface area is 151 Å². The summed E-state index contributed by atoms with van der Waals surface area (Å²) in [7, 11) is 0. The van der Waals surface area contributed by atoms with E-state index >= 15 is 0 Å². The minimum atomic E-state index is -0.901. The lowest BCUT2D eigenvalue weighted by Crippen LogP contribution is -2.21. The van der Waals surface area contributed by atoms with Gasteiger partial charge in [-0.25, -0.2) is 0 Å². The molecule has 2 aromatic carbocycles. The molecule has 25 heavy (non-hydrogen) atoms. The van der Waals surface area contributed by atoms with Gasteiger partial charge in [-0.3, -0.25) is 0 Å². The van der Waals surface area contributed by atoms with E-state index in [1.54, 1.807) is 48.5 Å². The van der Waals surface area contributed by atoms with Gasteiger partial charge in [0.25, 0.3) is 0 Å². The molecule has 2 atom stereocenters. The third kappa shape index (κ3) is 6.80. The molecule has 0 fully saturated rings. The molecule has 0 heterocycles. The van der Waals surface area contributed by atoms with E-state index in [0.29, 0.717) is 23.0 Å². The molecule has 7 heteroatoms. The van der Waals surface area contributed by atoms with E-state index in [2.05, 4.69) is 0 Å². The molecular weight excluding hydrogens is 348 g/mol. The molecule has 0 aliphatic rings. The van der Waals surface area contributed by atoms with Crippen LogP contribution < -0.4 is 14.2 Å². The molecule has 0 unspecified atom stereocenters. The Hall–Kier alpha value is -1.99. The van der Waals surface area contributed by atoms with Gasteiger partial charge in [-0.2, -0.15) is 0 Å². The highest BCUT2D eigenvalue weighted by atomic mass is 35.5. The first-order valence-electron chi connectivity index (χ1n) is 7.77. The molecule has 2 rings (SSSR count). The molecule has 2 aromatic rings. The molecule has 0 aliphatic carbocycles. The summed E-state index contributed by atoms with van der Waals surface area (Å²) in [4.78, 5) is 0. The lowest BCUT2D eigenvalue weighted by atomic mass is 10.3. The second-order valence-electron chi connectivity index (χ2n) is 5.31. The lowest BCUT2D eigenvalue weighted by molar-refractivity contribution is 0.0536. The Morgan fingerprint density at radius 1 is 0.720 bits per heavy atom. The first-order chi connectivity index (χ1) is 12.1. The van der Waals surface area contributed by atoms with Crippen molar-refractivity contribution in [2.75, 3.05) is 25.7 Å². The van der Waals surface area contributed by atoms with E-state index in [9.17, 15) is 10.2 Å². The van der Waals surface area contributed by atoms with Crippen molar-refractivity contribution in [2.45, 2.75) is 12.2 Å². The number of rotatable bonds is 10. The van der Waals surface area contributed by atoms with Crippen LogP contribution in [-0.2, 0) is 0 Å². The van der Waals surface area contributed by atoms with Crippen molar-refractivity contribution in [2.24, 2.45) is 0 Å². The van der Waals surface area contributed by atoms with E-state index in [1.807, 2.05) is 0 Å². The fourth-order valence-electron chi connectivity index (χ4n) is 1.83. The van der Waals surface area contributed by atoms with Gasteiger partial charge in [0.15, 0.2) is 0 Å². The van der Waals surface area contributed by atoms with E-state index in [4.69, 9.17) is 30.9 Å². The van der Waals surface area contributed by atoms with Gasteiger partial charge in [-0.05, 0) is 48.5 Å². The summed E-state index contributed by atoms with van der Waals surface area (Å²) in [6.45, 7) is -0.182. The second kappa shape index (κ2) is 10.1. The van der Waals surface area contributed by atoms with Gasteiger partial charge < -0.3 is 29.5 Å². The molecule has 0 aliphatic heterocycles. The summed E-state index contributed by atoms with van der Waals surface area (Å²) in [5.74, 6) is 2.57. The summed E-state index contributed by atoms with van der Waals surface area (Å²) >= 11 is 5.50. The summed E-state index contributed by atoms with van der Waals surface area (Å²) in [6, 6.07) is 13.9. The first kappa shape index (κ1) is 19.3. The van der Waals surface area contributed by atoms with Crippen LogP contribution in [0.2, 0.25) is 0 Å². The molecule has 0 amide bonds. The molecule has 0 aromatic heterocycles. The van der Waals surface area contributed by atoms with Gasteiger partial charge in [0.05, 0.1) is 12.5 Å². The number of benzene rings is 2. The van der Waals surface area contributed by atoms with Crippen molar-refractivity contribution < 1.29 is 29.5 Å². The van der Waals surface area contributed by atoms with E-state index in [1.165, 1.54) is 0 Å². The Balaban J connectivity index is 1.85. The molecular formula is C18H21ClO6. The molecule has 6 nitrogen and oxygen atoms in total. The molecule has 0 radical (unpaired) electrons. The van der Waals surface area contributed by atoms with Crippen LogP contribution in [0.25, 0.3) is 0 Å². The number of ether oxygens (including phenoxy) is 3. The van der Waals surface area contributed by atoms with Gasteiger partial charge in [-0.15, -0.1) is 11.6 Å². The average Bonchev–Trinajstić information content (AvgIpc) is 2.66. The minimum Gasteiger partial charge on any atom is -0.491 e. The highest BCUT2D eigenvalue weighted by Crippen LogP contribution is 2.25. The Kier molecular flexibility index (Phi) is 7.81. The number of halogens is 1. The van der Waals surface area contributed by atoms with E-state index < -0.39 is 12.2 Å². The molecule has 136 valence electrons. The van der Waals surface area contributed by atoms with Crippen molar-refractivity contribution in [3.8, 4) is 23.0 Å². The highest BCUT2D eigenvalue weighted by molar-refractivity contribution is 6.18. The van der Waals surface area contributed by atoms with Crippen LogP contribution in [0.5, 0.6) is 23.0 Å². The topological polar surface area (TPSA) is 88.4 Å². The molecule has 0 saturated heterocycles. The van der Waals surface area contributed by atoms with Crippen molar-refractivity contribution in [1.82, 2.24) is 0 Å². The molecule has 0 bridgehead atoms. The van der Waals surface area contributed by atoms with Gasteiger partial charge in [0.1, 0.15) is 48.4 Å². The second-order valence-corrected chi connectivity index (χ2v) is 5.62. The maximum Gasteiger partial charge on any atom is 0.127 e. The first-order valence-corrected chi connectivity index (χ1v) is 8.30. The highest BCUT2D eigenvalue weighted by Gasteiger charge is 2.05. The third-order valence-electron chi connectivity index (χ3n) is 3.16. The predicted octanol–water partition coefficient (Wildman–Crippen LogP) is 2.19. The van der Waals surface area contributed by atoms with Crippen LogP contribution in [0.3, 0.4) is 0 Å². The number of aliphatic hydroxyl groups is 3. The lowest BCUT2D eigenvalue weighted by Gasteiger charge is -2.12. The summed E-state index contributed by atoms with van der Waals surface area (Å²) in [5, 5.41) is 27.3. The SMILES string of the molecule is OC[C@H](O)COc1ccc(Oc2ccc(OC[C@H](O)CCl)cc2)cc1. The van der Waals surface area contributed by atoms with Gasteiger partial charge in [0.2, 0.25) is 0 Å². The van der Waals surface area contributed by atoms with Crippen LogP contribution in [0.1, 0.15) is 0 Å². The largest absolute Gasteiger partial charge is 0.491 e. The zero-order chi connectivity index (χ0) is 18.1. The fraction of sp³-hybridized carbons (Fsp3) is 0.333. The van der Waals surface area contributed by atoms with Crippen molar-refractivity contribution in [1.29, 1.82) is 0 Å². The normalized spacial score (nSPS) is 13.1. The van der Waals surface area contributed by atoms with Gasteiger partial charge >= 0.3 is 0 Å². The summed E-state index contributed by atoms with van der Waals surface area (Å²) in [6.07, 6.45) is -1.60. The van der Waals surface area contributed by atoms with Crippen LogP contribution in [0.15, 0.2) is 48.5 Å². The van der Waals surface area contributed by atoms with Crippen LogP contribution in [0, 0.1) is 0 Å². The van der Waals surface area contributed by atoms with E-state index in [-0.39, 0.29) is 25.7 Å². The Bertz CT molecular complexity index is 561. The van der Waals surface area contributed by atoms with Crippen LogP contribution in [0.4, 0.5) is 0 Å². The van der Waals surface area contributed by atoms with Crippen molar-refractivity contribution in [3.05, 3.63) is 48.5 Å². The monoisotopic (exact) mass is 368 g/mol. The zero-order valence-electron chi connectivity index (χ0n) is 13.5. The Morgan fingerprint density at radius 2 is 1.12 bits per heavy atom. The minimum absolute atomic E-state index is 0.0244. The van der Waals surface area contributed by atoms with Crippen LogP contribution in [-0.4, -0.2) is 53.2 Å². The Morgan fingerprint density at radius 3 is 1.52 bits per heavy atom. The third-order valence-corrected chi connectivity index (χ3v) is 3.51. The quantitative estimate of drug-likeness (QED) is 0.557. The molecule has 3 N–H and O–H groups in total. The summed E-state index contributed by atoms with van der Waals surface area (Å²) in [5.41, 5.74) is 0.